The fraction of sp³-hybridized carbons (Fsp3) is 0.588. The summed E-state index contributed by atoms with van der Waals surface area (Å²) in [4.78, 5) is 27.4. The number of quaternary nitrogens is 1. The highest BCUT2D eigenvalue weighted by atomic mass is 16.3. The normalized spacial score (nSPS) is 20.5. The van der Waals surface area contributed by atoms with Crippen LogP contribution in [0.15, 0.2) is 22.8 Å². The second-order valence-corrected chi connectivity index (χ2v) is 6.65. The highest BCUT2D eigenvalue weighted by Gasteiger charge is 2.36. The zero-order valence-corrected chi connectivity index (χ0v) is 13.7. The maximum Gasteiger partial charge on any atom is 0.289 e. The summed E-state index contributed by atoms with van der Waals surface area (Å²) in [6.45, 7) is 3.00. The standard InChI is InChI=1S/C17H22N4O3/c18-13-17(5-1-2-6-17)19-15(22)12-20-7-9-21(10-8-20)16(23)14-4-3-11-24-14/h3-4,11H,1-2,5-10,12H2,(H,19,22)/p+1. The van der Waals surface area contributed by atoms with E-state index in [1.165, 1.54) is 6.26 Å². The molecule has 1 aromatic heterocycles. The molecule has 0 atom stereocenters. The molecule has 0 bridgehead atoms. The van der Waals surface area contributed by atoms with E-state index < -0.39 is 5.54 Å². The molecule has 1 saturated heterocycles. The Kier molecular flexibility index (Phi) is 4.86. The van der Waals surface area contributed by atoms with E-state index in [1.54, 1.807) is 17.0 Å². The minimum atomic E-state index is -0.659. The molecule has 1 saturated carbocycles. The van der Waals surface area contributed by atoms with Crippen molar-refractivity contribution in [1.29, 1.82) is 5.26 Å². The fourth-order valence-electron chi connectivity index (χ4n) is 3.54. The molecule has 1 aromatic rings. The molecule has 3 rings (SSSR count). The van der Waals surface area contributed by atoms with Gasteiger partial charge < -0.3 is 19.5 Å². The van der Waals surface area contributed by atoms with Crippen LogP contribution in [0.25, 0.3) is 0 Å². The predicted molar refractivity (Wildman–Crippen MR) is 85.1 cm³/mol. The summed E-state index contributed by atoms with van der Waals surface area (Å²) in [6, 6.07) is 5.64. The van der Waals surface area contributed by atoms with Gasteiger partial charge in [-0.15, -0.1) is 0 Å². The van der Waals surface area contributed by atoms with E-state index in [1.807, 2.05) is 0 Å². The van der Waals surface area contributed by atoms with Crippen molar-refractivity contribution in [3.8, 4) is 6.07 Å². The average Bonchev–Trinajstić information content (AvgIpc) is 3.27. The molecule has 128 valence electrons. The molecule has 1 aliphatic heterocycles. The minimum absolute atomic E-state index is 0.0701. The van der Waals surface area contributed by atoms with Gasteiger partial charge in [0.2, 0.25) is 0 Å². The number of nitrogens with zero attached hydrogens (tertiary/aromatic N) is 2. The molecule has 0 radical (unpaired) electrons. The Labute approximate surface area is 141 Å². The average molecular weight is 331 g/mol. The second kappa shape index (κ2) is 7.05. The van der Waals surface area contributed by atoms with Gasteiger partial charge in [-0.05, 0) is 37.8 Å². The third-order valence-electron chi connectivity index (χ3n) is 4.95. The number of rotatable bonds is 4. The van der Waals surface area contributed by atoms with Crippen molar-refractivity contribution in [2.24, 2.45) is 0 Å². The largest absolute Gasteiger partial charge is 0.459 e. The number of hydrogen-bond acceptors (Lipinski definition) is 4. The van der Waals surface area contributed by atoms with Crippen LogP contribution in [0.4, 0.5) is 0 Å². The maximum atomic E-state index is 12.3. The smallest absolute Gasteiger partial charge is 0.289 e. The van der Waals surface area contributed by atoms with E-state index in [0.29, 0.717) is 25.4 Å². The first-order valence-corrected chi connectivity index (χ1v) is 8.50. The Bertz CT molecular complexity index is 621. The third-order valence-corrected chi connectivity index (χ3v) is 4.95. The molecule has 2 N–H and O–H groups in total. The van der Waals surface area contributed by atoms with Crippen molar-refractivity contribution < 1.29 is 18.9 Å². The predicted octanol–water partition coefficient (Wildman–Crippen LogP) is -0.427. The number of furan rings is 1. The molecule has 0 spiro atoms. The second-order valence-electron chi connectivity index (χ2n) is 6.65. The quantitative estimate of drug-likeness (QED) is 0.783. The van der Waals surface area contributed by atoms with Gasteiger partial charge in [-0.1, -0.05) is 0 Å². The van der Waals surface area contributed by atoms with Gasteiger partial charge >= 0.3 is 0 Å². The molecule has 24 heavy (non-hydrogen) atoms. The van der Waals surface area contributed by atoms with E-state index in [9.17, 15) is 14.9 Å². The number of piperazine rings is 1. The number of nitrogens with one attached hydrogen (secondary N) is 2. The van der Waals surface area contributed by atoms with Gasteiger partial charge in [0, 0.05) is 0 Å². The zero-order valence-electron chi connectivity index (χ0n) is 13.7. The summed E-state index contributed by atoms with van der Waals surface area (Å²) in [5.41, 5.74) is -0.659. The van der Waals surface area contributed by atoms with Crippen molar-refractivity contribution in [2.75, 3.05) is 32.7 Å². The lowest BCUT2D eigenvalue weighted by Gasteiger charge is -2.32. The van der Waals surface area contributed by atoms with Crippen LogP contribution in [0, 0.1) is 11.3 Å². The summed E-state index contributed by atoms with van der Waals surface area (Å²) in [5, 5.41) is 12.3. The van der Waals surface area contributed by atoms with E-state index in [-0.39, 0.29) is 11.8 Å². The van der Waals surface area contributed by atoms with E-state index in [4.69, 9.17) is 4.42 Å². The van der Waals surface area contributed by atoms with E-state index in [2.05, 4.69) is 11.4 Å². The topological polar surface area (TPSA) is 90.8 Å². The number of nitriles is 1. The van der Waals surface area contributed by atoms with Crippen molar-refractivity contribution in [1.82, 2.24) is 10.2 Å². The molecular weight excluding hydrogens is 308 g/mol. The minimum Gasteiger partial charge on any atom is -0.459 e. The molecule has 1 aliphatic carbocycles. The molecular formula is C17H23N4O3+. The number of carbonyl (C=O) groups is 2. The van der Waals surface area contributed by atoms with Gasteiger partial charge in [-0.2, -0.15) is 5.26 Å². The number of amides is 2. The molecule has 0 aromatic carbocycles. The van der Waals surface area contributed by atoms with E-state index >= 15 is 0 Å². The molecule has 2 heterocycles. The van der Waals surface area contributed by atoms with Crippen LogP contribution in [0.3, 0.4) is 0 Å². The summed E-state index contributed by atoms with van der Waals surface area (Å²) >= 11 is 0. The maximum absolute atomic E-state index is 12.3. The lowest BCUT2D eigenvalue weighted by atomic mass is 10.00. The van der Waals surface area contributed by atoms with Gasteiger partial charge in [-0.25, -0.2) is 0 Å². The van der Waals surface area contributed by atoms with Crippen LogP contribution in [-0.2, 0) is 4.79 Å². The first kappa shape index (κ1) is 16.5. The Morgan fingerprint density at radius 1 is 1.33 bits per heavy atom. The van der Waals surface area contributed by atoms with Crippen LogP contribution in [0.5, 0.6) is 0 Å². The van der Waals surface area contributed by atoms with Crippen LogP contribution in [-0.4, -0.2) is 55.0 Å². The molecule has 2 aliphatic rings. The van der Waals surface area contributed by atoms with Gasteiger partial charge in [0.05, 0.1) is 38.5 Å². The Hall–Kier alpha value is -2.33. The van der Waals surface area contributed by atoms with Gasteiger partial charge in [-0.3, -0.25) is 9.59 Å². The summed E-state index contributed by atoms with van der Waals surface area (Å²) in [6.07, 6.45) is 4.97. The van der Waals surface area contributed by atoms with Crippen LogP contribution in [0.1, 0.15) is 36.2 Å². The Balaban J connectivity index is 1.46. The van der Waals surface area contributed by atoms with Gasteiger partial charge in [0.1, 0.15) is 5.54 Å². The monoisotopic (exact) mass is 331 g/mol. The summed E-state index contributed by atoms with van der Waals surface area (Å²) in [7, 11) is 0. The van der Waals surface area contributed by atoms with Crippen LogP contribution in [0.2, 0.25) is 0 Å². The lowest BCUT2D eigenvalue weighted by molar-refractivity contribution is -0.896. The Morgan fingerprint density at radius 3 is 2.62 bits per heavy atom. The molecule has 2 amide bonds. The lowest BCUT2D eigenvalue weighted by Crippen LogP contribution is -3.16. The number of hydrogen-bond donors (Lipinski definition) is 2. The molecule has 0 unspecified atom stereocenters. The highest BCUT2D eigenvalue weighted by molar-refractivity contribution is 5.91. The Morgan fingerprint density at radius 2 is 2.04 bits per heavy atom. The summed E-state index contributed by atoms with van der Waals surface area (Å²) in [5.74, 6) is 0.186. The first-order valence-electron chi connectivity index (χ1n) is 8.50. The van der Waals surface area contributed by atoms with Gasteiger partial charge in [0.15, 0.2) is 12.3 Å². The molecule has 2 fully saturated rings. The highest BCUT2D eigenvalue weighted by Crippen LogP contribution is 2.28. The fourth-order valence-corrected chi connectivity index (χ4v) is 3.54. The number of carbonyl (C=O) groups excluding carboxylic acids is 2. The SMILES string of the molecule is N#CC1(NC(=O)C[NH+]2CCN(C(=O)c3ccco3)CC2)CCCC1. The van der Waals surface area contributed by atoms with Crippen LogP contribution < -0.4 is 10.2 Å². The first-order chi connectivity index (χ1) is 11.6. The summed E-state index contributed by atoms with van der Waals surface area (Å²) < 4.78 is 5.14. The van der Waals surface area contributed by atoms with Crippen molar-refractivity contribution in [2.45, 2.75) is 31.2 Å². The van der Waals surface area contributed by atoms with Crippen molar-refractivity contribution in [3.05, 3.63) is 24.2 Å². The van der Waals surface area contributed by atoms with Crippen molar-refractivity contribution >= 4 is 11.8 Å². The molecule has 7 heteroatoms. The van der Waals surface area contributed by atoms with Gasteiger partial charge in [0.25, 0.3) is 11.8 Å². The zero-order chi connectivity index (χ0) is 17.0. The van der Waals surface area contributed by atoms with Crippen LogP contribution >= 0.6 is 0 Å². The third kappa shape index (κ3) is 3.60. The van der Waals surface area contributed by atoms with Crippen molar-refractivity contribution in [3.63, 3.8) is 0 Å². The van der Waals surface area contributed by atoms with E-state index in [0.717, 1.165) is 43.7 Å². The molecule has 7 nitrogen and oxygen atoms in total.